The standard InChI is InChI=1S/C13H16N4O/c1-8-9(2)16-17-12(8)15-13(18)11(14)10-6-4-3-5-7-10/h3-7,11H,14H2,1-2H3,(H2,15,16,17,18)/t11-/m0/s1. The van der Waals surface area contributed by atoms with Gasteiger partial charge in [-0.2, -0.15) is 5.10 Å². The SMILES string of the molecule is Cc1[nH]nc(NC(=O)[C@@H](N)c2ccccc2)c1C. The van der Waals surface area contributed by atoms with Gasteiger partial charge in [-0.3, -0.25) is 9.89 Å². The van der Waals surface area contributed by atoms with Crippen LogP contribution in [0.4, 0.5) is 5.82 Å². The number of nitrogens with zero attached hydrogens (tertiary/aromatic N) is 1. The highest BCUT2D eigenvalue weighted by molar-refractivity contribution is 5.95. The Bertz CT molecular complexity index is 547. The minimum absolute atomic E-state index is 0.268. The van der Waals surface area contributed by atoms with Crippen LogP contribution < -0.4 is 11.1 Å². The van der Waals surface area contributed by atoms with Gasteiger partial charge >= 0.3 is 0 Å². The molecular formula is C13H16N4O. The van der Waals surface area contributed by atoms with Crippen molar-refractivity contribution in [3.8, 4) is 0 Å². The first-order valence-electron chi connectivity index (χ1n) is 5.72. The fourth-order valence-corrected chi connectivity index (χ4v) is 1.61. The van der Waals surface area contributed by atoms with Crippen molar-refractivity contribution in [3.05, 3.63) is 47.2 Å². The summed E-state index contributed by atoms with van der Waals surface area (Å²) in [6.45, 7) is 3.79. The third-order valence-corrected chi connectivity index (χ3v) is 2.94. The van der Waals surface area contributed by atoms with Crippen LogP contribution in [-0.2, 0) is 4.79 Å². The van der Waals surface area contributed by atoms with E-state index in [2.05, 4.69) is 15.5 Å². The number of amides is 1. The van der Waals surface area contributed by atoms with Crippen molar-refractivity contribution in [2.45, 2.75) is 19.9 Å². The quantitative estimate of drug-likeness (QED) is 0.767. The van der Waals surface area contributed by atoms with E-state index >= 15 is 0 Å². The molecule has 1 aromatic carbocycles. The molecule has 0 aliphatic rings. The zero-order chi connectivity index (χ0) is 13.1. The van der Waals surface area contributed by atoms with Crippen LogP contribution in [-0.4, -0.2) is 16.1 Å². The maximum atomic E-state index is 12.0. The van der Waals surface area contributed by atoms with E-state index < -0.39 is 6.04 Å². The normalized spacial score (nSPS) is 12.2. The van der Waals surface area contributed by atoms with Crippen LogP contribution in [0.25, 0.3) is 0 Å². The molecule has 5 nitrogen and oxygen atoms in total. The van der Waals surface area contributed by atoms with Gasteiger partial charge in [-0.1, -0.05) is 30.3 Å². The summed E-state index contributed by atoms with van der Waals surface area (Å²) < 4.78 is 0. The number of nitrogens with one attached hydrogen (secondary N) is 2. The van der Waals surface area contributed by atoms with Crippen LogP contribution in [0.2, 0.25) is 0 Å². The highest BCUT2D eigenvalue weighted by Crippen LogP contribution is 2.16. The van der Waals surface area contributed by atoms with E-state index in [1.54, 1.807) is 0 Å². The number of aryl methyl sites for hydroxylation is 1. The molecule has 0 spiro atoms. The van der Waals surface area contributed by atoms with E-state index in [9.17, 15) is 4.79 Å². The molecule has 1 amide bonds. The molecule has 0 aliphatic heterocycles. The van der Waals surface area contributed by atoms with Crippen LogP contribution in [0.5, 0.6) is 0 Å². The molecule has 1 aromatic heterocycles. The minimum Gasteiger partial charge on any atom is -0.316 e. The molecule has 2 rings (SSSR count). The van der Waals surface area contributed by atoms with Crippen molar-refractivity contribution < 1.29 is 4.79 Å². The summed E-state index contributed by atoms with van der Waals surface area (Å²) in [5.41, 5.74) is 8.52. The lowest BCUT2D eigenvalue weighted by Gasteiger charge is -2.11. The number of rotatable bonds is 3. The summed E-state index contributed by atoms with van der Waals surface area (Å²) >= 11 is 0. The number of aromatic nitrogens is 2. The second kappa shape index (κ2) is 5.01. The van der Waals surface area contributed by atoms with Gasteiger partial charge in [0.2, 0.25) is 5.91 Å². The number of carbonyl (C=O) groups is 1. The van der Waals surface area contributed by atoms with Crippen molar-refractivity contribution in [2.24, 2.45) is 5.73 Å². The molecule has 0 bridgehead atoms. The van der Waals surface area contributed by atoms with Gasteiger partial charge in [0.15, 0.2) is 5.82 Å². The molecule has 0 fully saturated rings. The van der Waals surface area contributed by atoms with Gasteiger partial charge in [0, 0.05) is 11.3 Å². The molecule has 0 saturated carbocycles. The summed E-state index contributed by atoms with van der Waals surface area (Å²) in [4.78, 5) is 12.0. The lowest BCUT2D eigenvalue weighted by atomic mass is 10.1. The average molecular weight is 244 g/mol. The van der Waals surface area contributed by atoms with Crippen molar-refractivity contribution in [3.63, 3.8) is 0 Å². The molecule has 0 aliphatic carbocycles. The third kappa shape index (κ3) is 2.41. The van der Waals surface area contributed by atoms with Gasteiger partial charge in [0.1, 0.15) is 6.04 Å². The molecule has 0 unspecified atom stereocenters. The number of hydrogen-bond acceptors (Lipinski definition) is 3. The highest BCUT2D eigenvalue weighted by atomic mass is 16.2. The molecule has 4 N–H and O–H groups in total. The molecular weight excluding hydrogens is 228 g/mol. The number of carbonyl (C=O) groups excluding carboxylic acids is 1. The number of nitrogens with two attached hydrogens (primary N) is 1. The van der Waals surface area contributed by atoms with Crippen LogP contribution in [0.15, 0.2) is 30.3 Å². The maximum absolute atomic E-state index is 12.0. The van der Waals surface area contributed by atoms with Crippen LogP contribution in [0, 0.1) is 13.8 Å². The molecule has 1 heterocycles. The average Bonchev–Trinajstić information content (AvgIpc) is 2.71. The third-order valence-electron chi connectivity index (χ3n) is 2.94. The van der Waals surface area contributed by atoms with Crippen molar-refractivity contribution >= 4 is 11.7 Å². The monoisotopic (exact) mass is 244 g/mol. The van der Waals surface area contributed by atoms with Crippen LogP contribution in [0.1, 0.15) is 22.9 Å². The van der Waals surface area contributed by atoms with Gasteiger partial charge in [0.05, 0.1) is 0 Å². The number of aromatic amines is 1. The first-order valence-corrected chi connectivity index (χ1v) is 5.72. The van der Waals surface area contributed by atoms with Crippen LogP contribution in [0.3, 0.4) is 0 Å². The molecule has 18 heavy (non-hydrogen) atoms. The van der Waals surface area contributed by atoms with E-state index in [-0.39, 0.29) is 5.91 Å². The molecule has 2 aromatic rings. The van der Waals surface area contributed by atoms with E-state index in [4.69, 9.17) is 5.73 Å². The van der Waals surface area contributed by atoms with E-state index in [1.165, 1.54) is 0 Å². The molecule has 1 atom stereocenters. The first-order chi connectivity index (χ1) is 8.59. The number of H-pyrrole nitrogens is 1. The Morgan fingerprint density at radius 3 is 2.56 bits per heavy atom. The van der Waals surface area contributed by atoms with E-state index in [0.29, 0.717) is 5.82 Å². The number of anilines is 1. The van der Waals surface area contributed by atoms with Gasteiger partial charge < -0.3 is 11.1 Å². The number of benzene rings is 1. The summed E-state index contributed by atoms with van der Waals surface area (Å²) in [5, 5.41) is 9.56. The van der Waals surface area contributed by atoms with E-state index in [0.717, 1.165) is 16.8 Å². The van der Waals surface area contributed by atoms with Gasteiger partial charge in [-0.15, -0.1) is 0 Å². The van der Waals surface area contributed by atoms with Gasteiger partial charge in [-0.05, 0) is 19.4 Å². The molecule has 0 radical (unpaired) electrons. The predicted molar refractivity (Wildman–Crippen MR) is 70.1 cm³/mol. The zero-order valence-electron chi connectivity index (χ0n) is 10.4. The molecule has 5 heteroatoms. The van der Waals surface area contributed by atoms with E-state index in [1.807, 2.05) is 44.2 Å². The smallest absolute Gasteiger partial charge is 0.247 e. The summed E-state index contributed by atoms with van der Waals surface area (Å²) in [7, 11) is 0. The molecule has 0 saturated heterocycles. The Kier molecular flexibility index (Phi) is 3.43. The topological polar surface area (TPSA) is 83.8 Å². The Labute approximate surface area is 105 Å². The Morgan fingerprint density at radius 1 is 1.33 bits per heavy atom. The van der Waals surface area contributed by atoms with Gasteiger partial charge in [-0.25, -0.2) is 0 Å². The van der Waals surface area contributed by atoms with Crippen molar-refractivity contribution in [1.82, 2.24) is 10.2 Å². The largest absolute Gasteiger partial charge is 0.316 e. The summed E-state index contributed by atoms with van der Waals surface area (Å²) in [6, 6.07) is 8.55. The fourth-order valence-electron chi connectivity index (χ4n) is 1.61. The first kappa shape index (κ1) is 12.3. The lowest BCUT2D eigenvalue weighted by molar-refractivity contribution is -0.117. The second-order valence-electron chi connectivity index (χ2n) is 4.20. The lowest BCUT2D eigenvalue weighted by Crippen LogP contribution is -2.28. The second-order valence-corrected chi connectivity index (χ2v) is 4.20. The zero-order valence-corrected chi connectivity index (χ0v) is 10.4. The summed E-state index contributed by atoms with van der Waals surface area (Å²) in [5.74, 6) is 0.264. The summed E-state index contributed by atoms with van der Waals surface area (Å²) in [6.07, 6.45) is 0. The Hall–Kier alpha value is -2.14. The highest BCUT2D eigenvalue weighted by Gasteiger charge is 2.17. The minimum atomic E-state index is -0.692. The van der Waals surface area contributed by atoms with Crippen LogP contribution >= 0.6 is 0 Å². The number of hydrogen-bond donors (Lipinski definition) is 3. The fraction of sp³-hybridized carbons (Fsp3) is 0.231. The maximum Gasteiger partial charge on any atom is 0.247 e. The van der Waals surface area contributed by atoms with Gasteiger partial charge in [0.25, 0.3) is 0 Å². The predicted octanol–water partition coefficient (Wildman–Crippen LogP) is 1.67. The Morgan fingerprint density at radius 2 is 2.00 bits per heavy atom. The molecule has 94 valence electrons. The van der Waals surface area contributed by atoms with Crippen molar-refractivity contribution in [1.29, 1.82) is 0 Å². The van der Waals surface area contributed by atoms with Crippen molar-refractivity contribution in [2.75, 3.05) is 5.32 Å². The Balaban J connectivity index is 2.11.